The monoisotopic (exact) mass is 545 g/mol. The topological polar surface area (TPSA) is 119 Å². The number of hydrogen-bond donors (Lipinski definition) is 1. The molecule has 2 aliphatic carbocycles. The lowest BCUT2D eigenvalue weighted by Crippen LogP contribution is -2.54. The molecule has 1 unspecified atom stereocenters. The van der Waals surface area contributed by atoms with Crippen LogP contribution in [0.15, 0.2) is 57.4 Å². The zero-order valence-electron chi connectivity index (χ0n) is 23.2. The second-order valence-corrected chi connectivity index (χ2v) is 12.1. The summed E-state index contributed by atoms with van der Waals surface area (Å²) >= 11 is -1.10. The molecule has 0 spiro atoms. The maximum atomic E-state index is 13.9. The minimum absolute atomic E-state index is 0.0429. The van der Waals surface area contributed by atoms with Crippen molar-refractivity contribution in [2.75, 3.05) is 6.26 Å². The fourth-order valence-corrected chi connectivity index (χ4v) is 5.28. The van der Waals surface area contributed by atoms with Crippen LogP contribution in [0.4, 0.5) is 0 Å². The third kappa shape index (κ3) is 5.81. The van der Waals surface area contributed by atoms with Gasteiger partial charge in [-0.1, -0.05) is 6.58 Å². The minimum atomic E-state index is -1.10. The number of hydrogen-bond acceptors (Lipinski definition) is 8. The second kappa shape index (κ2) is 11.0. The highest BCUT2D eigenvalue weighted by molar-refractivity contribution is 7.90. The molecule has 39 heavy (non-hydrogen) atoms. The van der Waals surface area contributed by atoms with Gasteiger partial charge in [0.1, 0.15) is 18.3 Å². The molecule has 2 saturated carbocycles. The summed E-state index contributed by atoms with van der Waals surface area (Å²) in [6.45, 7) is 12.6. The van der Waals surface area contributed by atoms with Crippen LogP contribution >= 0.6 is 0 Å². The van der Waals surface area contributed by atoms with Crippen molar-refractivity contribution >= 4 is 34.5 Å². The Labute approximate surface area is 232 Å². The molecule has 9 nitrogen and oxygen atoms in total. The maximum absolute atomic E-state index is 13.9. The molecule has 0 aromatic carbocycles. The number of amides is 1. The molecule has 2 fully saturated rings. The molecule has 0 saturated heterocycles. The average Bonchev–Trinajstić information content (AvgIpc) is 3.81. The highest BCUT2D eigenvalue weighted by Gasteiger charge is 2.42. The van der Waals surface area contributed by atoms with Crippen molar-refractivity contribution in [3.8, 4) is 0 Å². The van der Waals surface area contributed by atoms with E-state index in [0.29, 0.717) is 40.5 Å². The van der Waals surface area contributed by atoms with E-state index in [1.165, 1.54) is 0 Å². The van der Waals surface area contributed by atoms with Crippen molar-refractivity contribution in [3.05, 3.63) is 65.2 Å². The van der Waals surface area contributed by atoms with Gasteiger partial charge in [-0.25, -0.2) is 20.0 Å². The van der Waals surface area contributed by atoms with Crippen LogP contribution in [0.2, 0.25) is 0 Å². The smallest absolute Gasteiger partial charge is 0.295 e. The first-order chi connectivity index (χ1) is 18.7. The Balaban J connectivity index is 1.50. The normalized spacial score (nSPS) is 20.1. The van der Waals surface area contributed by atoms with Crippen molar-refractivity contribution in [1.82, 2.24) is 25.2 Å². The molecule has 3 aliphatic rings. The SMILES string of the molecule is C=C(/N=C1\C(=C(C)C)N=C(NCc2ccc([S+](C)[O-])cn2)C(=O)N1[C@@H](C)C1CC1)c1c(C)ncnc1C1CC1. The molecule has 10 heteroatoms. The summed E-state index contributed by atoms with van der Waals surface area (Å²) in [5.74, 6) is 1.38. The zero-order valence-corrected chi connectivity index (χ0v) is 24.0. The average molecular weight is 546 g/mol. The third-order valence-corrected chi connectivity index (χ3v) is 8.30. The number of amidine groups is 2. The first-order valence-electron chi connectivity index (χ1n) is 13.4. The summed E-state index contributed by atoms with van der Waals surface area (Å²) in [5.41, 5.74) is 5.54. The Kier molecular flexibility index (Phi) is 7.68. The number of rotatable bonds is 8. The Hall–Kier alpha value is -3.37. The van der Waals surface area contributed by atoms with Gasteiger partial charge in [-0.15, -0.1) is 0 Å². The number of carbonyl (C=O) groups is 1. The van der Waals surface area contributed by atoms with Gasteiger partial charge in [0.05, 0.1) is 35.5 Å². The van der Waals surface area contributed by atoms with E-state index in [2.05, 4.69) is 33.8 Å². The molecule has 1 N–H and O–H groups in total. The highest BCUT2D eigenvalue weighted by Crippen LogP contribution is 2.43. The van der Waals surface area contributed by atoms with Crippen LogP contribution in [0.25, 0.3) is 5.70 Å². The first-order valence-corrected chi connectivity index (χ1v) is 14.9. The number of nitrogens with one attached hydrogen (secondary N) is 1. The van der Waals surface area contributed by atoms with Gasteiger partial charge < -0.3 is 9.87 Å². The lowest BCUT2D eigenvalue weighted by Gasteiger charge is -2.35. The Morgan fingerprint density at radius 2 is 1.97 bits per heavy atom. The van der Waals surface area contributed by atoms with E-state index in [9.17, 15) is 9.35 Å². The van der Waals surface area contributed by atoms with Crippen LogP contribution in [-0.4, -0.2) is 54.3 Å². The lowest BCUT2D eigenvalue weighted by molar-refractivity contribution is -0.122. The van der Waals surface area contributed by atoms with E-state index in [1.54, 1.807) is 29.7 Å². The molecular weight excluding hydrogens is 510 g/mol. The van der Waals surface area contributed by atoms with E-state index < -0.39 is 11.2 Å². The number of nitrogens with zero attached hydrogens (tertiary/aromatic N) is 6. The molecule has 0 radical (unpaired) electrons. The molecule has 0 bridgehead atoms. The summed E-state index contributed by atoms with van der Waals surface area (Å²) in [5, 5.41) is 3.20. The summed E-state index contributed by atoms with van der Waals surface area (Å²) in [6, 6.07) is 3.55. The molecule has 2 atom stereocenters. The van der Waals surface area contributed by atoms with Crippen LogP contribution in [-0.2, 0) is 22.5 Å². The van der Waals surface area contributed by atoms with Gasteiger partial charge in [-0.2, -0.15) is 0 Å². The largest absolute Gasteiger partial charge is 0.612 e. The van der Waals surface area contributed by atoms with E-state index >= 15 is 0 Å². The van der Waals surface area contributed by atoms with Gasteiger partial charge in [0.15, 0.2) is 16.6 Å². The van der Waals surface area contributed by atoms with Crippen molar-refractivity contribution in [1.29, 1.82) is 0 Å². The second-order valence-electron chi connectivity index (χ2n) is 10.7. The van der Waals surface area contributed by atoms with Gasteiger partial charge >= 0.3 is 0 Å². The van der Waals surface area contributed by atoms with E-state index in [0.717, 1.165) is 53.9 Å². The van der Waals surface area contributed by atoms with Gasteiger partial charge in [-0.05, 0) is 88.2 Å². The lowest BCUT2D eigenvalue weighted by atomic mass is 10.0. The summed E-state index contributed by atoms with van der Waals surface area (Å²) in [7, 11) is 0. The molecule has 204 valence electrons. The van der Waals surface area contributed by atoms with Gasteiger partial charge in [-0.3, -0.25) is 14.7 Å². The number of pyridine rings is 1. The zero-order chi connectivity index (χ0) is 27.8. The Bertz CT molecular complexity index is 1380. The Morgan fingerprint density at radius 3 is 2.56 bits per heavy atom. The van der Waals surface area contributed by atoms with Crippen LogP contribution < -0.4 is 5.32 Å². The van der Waals surface area contributed by atoms with Crippen molar-refractivity contribution in [3.63, 3.8) is 0 Å². The molecule has 2 aromatic heterocycles. The standard InChI is InChI=1S/C29H35N7O2S/c1-16(2)25-28(34-18(4)24-17(3)32-15-33-26(24)21-9-10-21)36(19(5)20-7-8-20)29(37)27(35-25)31-13-22-11-12-23(14-30-22)39(6)38/h11-12,14-15,19-21H,4,7-10,13H2,1-3,5-6H3,(H,31,35)/b34-28+/t19-,39?/m0/s1. The fourth-order valence-electron chi connectivity index (χ4n) is 4.82. The number of aliphatic imine (C=N–C) groups is 2. The quantitative estimate of drug-likeness (QED) is 0.495. The number of aromatic nitrogens is 3. The molecule has 5 rings (SSSR count). The fraction of sp³-hybridized carbons (Fsp3) is 0.448. The molecule has 1 aliphatic heterocycles. The first kappa shape index (κ1) is 27.2. The predicted octanol–water partition coefficient (Wildman–Crippen LogP) is 4.29. The number of aryl methyl sites for hydroxylation is 1. The summed E-state index contributed by atoms with van der Waals surface area (Å²) in [6.07, 6.45) is 9.18. The van der Waals surface area contributed by atoms with Crippen LogP contribution in [0, 0.1) is 12.8 Å². The Morgan fingerprint density at radius 1 is 1.23 bits per heavy atom. The molecule has 2 aromatic rings. The van der Waals surface area contributed by atoms with Crippen LogP contribution in [0.1, 0.15) is 75.0 Å². The maximum Gasteiger partial charge on any atom is 0.295 e. The van der Waals surface area contributed by atoms with Crippen LogP contribution in [0.3, 0.4) is 0 Å². The van der Waals surface area contributed by atoms with Gasteiger partial charge in [0.2, 0.25) is 0 Å². The number of allylic oxidation sites excluding steroid dienone is 1. The minimum Gasteiger partial charge on any atom is -0.612 e. The number of carbonyl (C=O) groups excluding carboxylic acids is 1. The highest BCUT2D eigenvalue weighted by atomic mass is 32.2. The third-order valence-electron chi connectivity index (χ3n) is 7.40. The van der Waals surface area contributed by atoms with Crippen molar-refractivity contribution in [2.24, 2.45) is 15.9 Å². The summed E-state index contributed by atoms with van der Waals surface area (Å²) in [4.78, 5) is 39.5. The van der Waals surface area contributed by atoms with Crippen molar-refractivity contribution < 1.29 is 9.35 Å². The van der Waals surface area contributed by atoms with Crippen LogP contribution in [0.5, 0.6) is 0 Å². The van der Waals surface area contributed by atoms with Gasteiger partial charge in [0, 0.05) is 17.5 Å². The summed E-state index contributed by atoms with van der Waals surface area (Å²) < 4.78 is 11.7. The molecule has 1 amide bonds. The van der Waals surface area contributed by atoms with Crippen molar-refractivity contribution in [2.45, 2.75) is 76.8 Å². The van der Waals surface area contributed by atoms with E-state index in [1.807, 2.05) is 26.8 Å². The molecular formula is C29H35N7O2S. The van der Waals surface area contributed by atoms with E-state index in [4.69, 9.17) is 9.98 Å². The predicted molar refractivity (Wildman–Crippen MR) is 153 cm³/mol. The van der Waals surface area contributed by atoms with E-state index in [-0.39, 0.29) is 17.8 Å². The van der Waals surface area contributed by atoms with Gasteiger partial charge in [0.25, 0.3) is 5.91 Å². The molecule has 3 heterocycles.